The Balaban J connectivity index is 2.47. The molecule has 0 amide bonds. The number of phenolic OH excluding ortho intramolecular Hbond substituents is 1. The molecular weight excluding hydrogens is 246 g/mol. The molecule has 0 saturated heterocycles. The van der Waals surface area contributed by atoms with Gasteiger partial charge in [-0.05, 0) is 30.5 Å². The summed E-state index contributed by atoms with van der Waals surface area (Å²) >= 11 is 3.34. The van der Waals surface area contributed by atoms with E-state index >= 15 is 0 Å². The van der Waals surface area contributed by atoms with Gasteiger partial charge in [0.1, 0.15) is 5.75 Å². The Morgan fingerprint density at radius 3 is 2.71 bits per heavy atom. The van der Waals surface area contributed by atoms with E-state index in [2.05, 4.69) is 20.9 Å². The standard InChI is InChI=1S/C10H8BrNO2/c11-9-5-7(14)1-2-8(9)10(3-4-10)12-6-13/h1-2,5,14H,3-4H2. The van der Waals surface area contributed by atoms with Gasteiger partial charge in [0.05, 0.1) is 5.54 Å². The average Bonchev–Trinajstić information content (AvgIpc) is 2.86. The van der Waals surface area contributed by atoms with Crippen molar-refractivity contribution in [3.8, 4) is 5.75 Å². The number of isocyanates is 1. The highest BCUT2D eigenvalue weighted by molar-refractivity contribution is 9.10. The summed E-state index contributed by atoms with van der Waals surface area (Å²) in [5.74, 6) is 0.200. The van der Waals surface area contributed by atoms with Crippen molar-refractivity contribution in [2.45, 2.75) is 18.4 Å². The van der Waals surface area contributed by atoms with Gasteiger partial charge in [-0.2, -0.15) is 4.99 Å². The summed E-state index contributed by atoms with van der Waals surface area (Å²) in [7, 11) is 0. The lowest BCUT2D eigenvalue weighted by Crippen LogP contribution is -2.02. The molecule has 1 aromatic carbocycles. The molecule has 0 aromatic heterocycles. The van der Waals surface area contributed by atoms with E-state index in [1.54, 1.807) is 24.3 Å². The minimum Gasteiger partial charge on any atom is -0.508 e. The topological polar surface area (TPSA) is 49.7 Å². The first kappa shape index (κ1) is 9.44. The van der Waals surface area contributed by atoms with Crippen molar-refractivity contribution in [3.63, 3.8) is 0 Å². The first-order valence-electron chi connectivity index (χ1n) is 4.26. The van der Waals surface area contributed by atoms with Crippen molar-refractivity contribution >= 4 is 22.0 Å². The van der Waals surface area contributed by atoms with Gasteiger partial charge < -0.3 is 5.11 Å². The third kappa shape index (κ3) is 1.47. The molecule has 1 aliphatic rings. The molecule has 1 fully saturated rings. The van der Waals surface area contributed by atoms with Gasteiger partial charge in [0.25, 0.3) is 0 Å². The van der Waals surface area contributed by atoms with Gasteiger partial charge in [-0.3, -0.25) is 0 Å². The maximum Gasteiger partial charge on any atom is 0.235 e. The number of aromatic hydroxyl groups is 1. The number of rotatable bonds is 2. The third-order valence-electron chi connectivity index (χ3n) is 2.44. The van der Waals surface area contributed by atoms with Gasteiger partial charge in [-0.25, -0.2) is 4.79 Å². The Hall–Kier alpha value is -1.12. The Bertz CT molecular complexity index is 420. The summed E-state index contributed by atoms with van der Waals surface area (Å²) in [6.07, 6.45) is 3.34. The van der Waals surface area contributed by atoms with Crippen LogP contribution in [0, 0.1) is 0 Å². The zero-order valence-electron chi connectivity index (χ0n) is 7.33. The number of aliphatic imine (C=N–C) groups is 1. The predicted octanol–water partition coefficient (Wildman–Crippen LogP) is 2.48. The fourth-order valence-electron chi connectivity index (χ4n) is 1.53. The summed E-state index contributed by atoms with van der Waals surface area (Å²) in [6, 6.07) is 4.99. The molecule has 3 nitrogen and oxygen atoms in total. The number of benzene rings is 1. The number of hydrogen-bond donors (Lipinski definition) is 1. The number of hydrogen-bond acceptors (Lipinski definition) is 3. The lowest BCUT2D eigenvalue weighted by atomic mass is 10.1. The zero-order valence-corrected chi connectivity index (χ0v) is 8.91. The van der Waals surface area contributed by atoms with E-state index in [1.165, 1.54) is 0 Å². The molecule has 14 heavy (non-hydrogen) atoms. The van der Waals surface area contributed by atoms with Crippen LogP contribution in [0.25, 0.3) is 0 Å². The first-order chi connectivity index (χ1) is 6.68. The molecule has 0 unspecified atom stereocenters. The summed E-state index contributed by atoms with van der Waals surface area (Å²) in [6.45, 7) is 0. The summed E-state index contributed by atoms with van der Waals surface area (Å²) in [5.41, 5.74) is 0.563. The summed E-state index contributed by atoms with van der Waals surface area (Å²) in [5, 5.41) is 9.22. The lowest BCUT2D eigenvalue weighted by Gasteiger charge is -2.10. The van der Waals surface area contributed by atoms with E-state index in [9.17, 15) is 9.90 Å². The second-order valence-electron chi connectivity index (χ2n) is 3.40. The van der Waals surface area contributed by atoms with Crippen LogP contribution in [-0.2, 0) is 10.3 Å². The first-order valence-corrected chi connectivity index (χ1v) is 5.05. The van der Waals surface area contributed by atoms with Gasteiger partial charge >= 0.3 is 0 Å². The normalized spacial score (nSPS) is 17.2. The van der Waals surface area contributed by atoms with Crippen LogP contribution in [0.2, 0.25) is 0 Å². The largest absolute Gasteiger partial charge is 0.508 e. The Morgan fingerprint density at radius 2 is 2.21 bits per heavy atom. The number of halogens is 1. The van der Waals surface area contributed by atoms with Crippen LogP contribution in [0.3, 0.4) is 0 Å². The van der Waals surface area contributed by atoms with Crippen molar-refractivity contribution in [1.29, 1.82) is 0 Å². The maximum atomic E-state index is 10.3. The molecule has 0 aliphatic heterocycles. The van der Waals surface area contributed by atoms with E-state index in [0.717, 1.165) is 22.9 Å². The minimum absolute atomic E-state index is 0.200. The lowest BCUT2D eigenvalue weighted by molar-refractivity contribution is 0.474. The van der Waals surface area contributed by atoms with Crippen LogP contribution in [-0.4, -0.2) is 11.2 Å². The van der Waals surface area contributed by atoms with Gasteiger partial charge in [0, 0.05) is 4.47 Å². The monoisotopic (exact) mass is 253 g/mol. The summed E-state index contributed by atoms with van der Waals surface area (Å²) < 4.78 is 0.786. The van der Waals surface area contributed by atoms with Crippen molar-refractivity contribution in [3.05, 3.63) is 28.2 Å². The van der Waals surface area contributed by atoms with Gasteiger partial charge in [0.15, 0.2) is 0 Å². The highest BCUT2D eigenvalue weighted by atomic mass is 79.9. The number of nitrogens with zero attached hydrogens (tertiary/aromatic N) is 1. The van der Waals surface area contributed by atoms with Crippen molar-refractivity contribution in [1.82, 2.24) is 0 Å². The maximum absolute atomic E-state index is 10.3. The zero-order chi connectivity index (χ0) is 10.2. The van der Waals surface area contributed by atoms with E-state index in [1.807, 2.05) is 0 Å². The van der Waals surface area contributed by atoms with Gasteiger partial charge in [0.2, 0.25) is 6.08 Å². The predicted molar refractivity (Wildman–Crippen MR) is 54.8 cm³/mol. The highest BCUT2D eigenvalue weighted by Gasteiger charge is 2.46. The van der Waals surface area contributed by atoms with E-state index in [4.69, 9.17) is 0 Å². The van der Waals surface area contributed by atoms with Crippen molar-refractivity contribution < 1.29 is 9.90 Å². The molecule has 0 atom stereocenters. The molecule has 1 aliphatic carbocycles. The fraction of sp³-hybridized carbons (Fsp3) is 0.300. The molecule has 1 saturated carbocycles. The third-order valence-corrected chi connectivity index (χ3v) is 3.09. The Labute approximate surface area is 89.6 Å². The van der Waals surface area contributed by atoms with Crippen LogP contribution in [0.1, 0.15) is 18.4 Å². The Kier molecular flexibility index (Phi) is 2.17. The highest BCUT2D eigenvalue weighted by Crippen LogP contribution is 2.51. The summed E-state index contributed by atoms with van der Waals surface area (Å²) in [4.78, 5) is 14.1. The SMILES string of the molecule is O=C=NC1(c2ccc(O)cc2Br)CC1. The molecule has 4 heteroatoms. The number of carbonyl (C=O) groups excluding carboxylic acids is 1. The second kappa shape index (κ2) is 3.23. The molecule has 0 spiro atoms. The van der Waals surface area contributed by atoms with Crippen LogP contribution < -0.4 is 0 Å². The van der Waals surface area contributed by atoms with Gasteiger partial charge in [-0.15, -0.1) is 0 Å². The molecule has 0 heterocycles. The van der Waals surface area contributed by atoms with Crippen LogP contribution in [0.4, 0.5) is 0 Å². The van der Waals surface area contributed by atoms with Crippen LogP contribution in [0.5, 0.6) is 5.75 Å². The minimum atomic E-state index is -0.381. The quantitative estimate of drug-likeness (QED) is 0.651. The van der Waals surface area contributed by atoms with Crippen LogP contribution >= 0.6 is 15.9 Å². The van der Waals surface area contributed by atoms with Crippen LogP contribution in [0.15, 0.2) is 27.7 Å². The molecule has 1 aromatic rings. The van der Waals surface area contributed by atoms with Crippen molar-refractivity contribution in [2.75, 3.05) is 0 Å². The second-order valence-corrected chi connectivity index (χ2v) is 4.25. The molecule has 0 bridgehead atoms. The Morgan fingerprint density at radius 1 is 1.50 bits per heavy atom. The van der Waals surface area contributed by atoms with Gasteiger partial charge in [-0.1, -0.05) is 22.0 Å². The molecule has 0 radical (unpaired) electrons. The van der Waals surface area contributed by atoms with E-state index in [-0.39, 0.29) is 11.3 Å². The van der Waals surface area contributed by atoms with Crippen molar-refractivity contribution in [2.24, 2.45) is 4.99 Å². The van der Waals surface area contributed by atoms with E-state index in [0.29, 0.717) is 0 Å². The number of phenols is 1. The van der Waals surface area contributed by atoms with E-state index < -0.39 is 0 Å². The smallest absolute Gasteiger partial charge is 0.235 e. The molecule has 2 rings (SSSR count). The molecular formula is C10H8BrNO2. The average molecular weight is 254 g/mol. The molecule has 1 N–H and O–H groups in total. The molecule has 72 valence electrons. The fourth-order valence-corrected chi connectivity index (χ4v) is 2.26.